The van der Waals surface area contributed by atoms with Gasteiger partial charge in [-0.3, -0.25) is 29.4 Å². The summed E-state index contributed by atoms with van der Waals surface area (Å²) in [5, 5.41) is 13.4. The van der Waals surface area contributed by atoms with Gasteiger partial charge in [0.25, 0.3) is 16.8 Å². The van der Waals surface area contributed by atoms with E-state index in [-0.39, 0.29) is 17.2 Å². The third kappa shape index (κ3) is 6.82. The van der Waals surface area contributed by atoms with Crippen LogP contribution in [0, 0.1) is 17.0 Å². The Labute approximate surface area is 228 Å². The van der Waals surface area contributed by atoms with Crippen LogP contribution in [0.3, 0.4) is 0 Å². The lowest BCUT2D eigenvalue weighted by Gasteiger charge is -2.13. The molecule has 0 unspecified atom stereocenters. The van der Waals surface area contributed by atoms with E-state index in [1.54, 1.807) is 55.5 Å². The minimum atomic E-state index is -0.571. The molecule has 10 nitrogen and oxygen atoms in total. The number of hydrogen-bond acceptors (Lipinski definition) is 8. The molecule has 1 aliphatic heterocycles. The summed E-state index contributed by atoms with van der Waals surface area (Å²) in [7, 11) is 0. The van der Waals surface area contributed by atoms with Crippen LogP contribution in [0.5, 0.6) is 11.5 Å². The van der Waals surface area contributed by atoms with Gasteiger partial charge in [0, 0.05) is 11.8 Å². The van der Waals surface area contributed by atoms with Crippen LogP contribution in [0.2, 0.25) is 0 Å². The Balaban J connectivity index is 1.46. The molecule has 1 aliphatic rings. The lowest BCUT2D eigenvalue weighted by molar-refractivity contribution is -0.385. The van der Waals surface area contributed by atoms with E-state index in [9.17, 15) is 24.5 Å². The summed E-state index contributed by atoms with van der Waals surface area (Å²) in [5.41, 5.74) is 2.55. The Morgan fingerprint density at radius 3 is 2.51 bits per heavy atom. The lowest BCUT2D eigenvalue weighted by atomic mass is 10.1. The summed E-state index contributed by atoms with van der Waals surface area (Å²) in [6, 6.07) is 18.4. The molecule has 1 fully saturated rings. The fourth-order valence-electron chi connectivity index (χ4n) is 3.74. The quantitative estimate of drug-likeness (QED) is 0.199. The molecule has 11 heteroatoms. The van der Waals surface area contributed by atoms with E-state index in [0.29, 0.717) is 34.9 Å². The highest BCUT2D eigenvalue weighted by Crippen LogP contribution is 2.35. The number of amides is 3. The average molecular weight is 548 g/mol. The molecule has 39 heavy (non-hydrogen) atoms. The van der Waals surface area contributed by atoms with E-state index in [1.165, 1.54) is 12.1 Å². The summed E-state index contributed by atoms with van der Waals surface area (Å²) >= 11 is 0.745. The van der Waals surface area contributed by atoms with E-state index in [1.807, 2.05) is 19.1 Å². The Morgan fingerprint density at radius 2 is 1.79 bits per heavy atom. The molecule has 1 heterocycles. The zero-order valence-electron chi connectivity index (χ0n) is 21.2. The molecule has 3 aromatic rings. The number of rotatable bonds is 10. The van der Waals surface area contributed by atoms with Crippen molar-refractivity contribution in [2.24, 2.45) is 0 Å². The average Bonchev–Trinajstić information content (AvgIpc) is 3.17. The number of carbonyl (C=O) groups is 3. The highest BCUT2D eigenvalue weighted by atomic mass is 32.2. The molecule has 0 spiro atoms. The molecule has 3 amide bonds. The molecule has 0 radical (unpaired) electrons. The maximum atomic E-state index is 12.9. The van der Waals surface area contributed by atoms with Crippen LogP contribution in [0.25, 0.3) is 6.08 Å². The number of nitro groups is 1. The molecule has 4 rings (SSSR count). The molecule has 1 saturated heterocycles. The Kier molecular flexibility index (Phi) is 8.62. The summed E-state index contributed by atoms with van der Waals surface area (Å²) in [5.74, 6) is -0.311. The molecule has 3 aromatic carbocycles. The van der Waals surface area contributed by atoms with Crippen molar-refractivity contribution in [2.45, 2.75) is 20.5 Å². The fourth-order valence-corrected chi connectivity index (χ4v) is 4.58. The van der Waals surface area contributed by atoms with Gasteiger partial charge in [-0.1, -0.05) is 35.9 Å². The van der Waals surface area contributed by atoms with Gasteiger partial charge < -0.3 is 14.8 Å². The second-order valence-corrected chi connectivity index (χ2v) is 9.49. The van der Waals surface area contributed by atoms with E-state index >= 15 is 0 Å². The van der Waals surface area contributed by atoms with Crippen molar-refractivity contribution in [1.29, 1.82) is 0 Å². The monoisotopic (exact) mass is 547 g/mol. The van der Waals surface area contributed by atoms with Gasteiger partial charge in [0.05, 0.1) is 22.0 Å². The summed E-state index contributed by atoms with van der Waals surface area (Å²) in [6.07, 6.45) is 1.54. The zero-order chi connectivity index (χ0) is 27.9. The largest absolute Gasteiger partial charge is 0.490 e. The Bertz CT molecular complexity index is 1450. The van der Waals surface area contributed by atoms with E-state index in [0.717, 1.165) is 22.2 Å². The second kappa shape index (κ2) is 12.3. The number of thioether (sulfide) groups is 1. The van der Waals surface area contributed by atoms with Crippen LogP contribution < -0.4 is 14.8 Å². The topological polar surface area (TPSA) is 128 Å². The van der Waals surface area contributed by atoms with Gasteiger partial charge in [0.2, 0.25) is 5.91 Å². The van der Waals surface area contributed by atoms with Crippen molar-refractivity contribution in [2.75, 3.05) is 18.5 Å². The van der Waals surface area contributed by atoms with Crippen LogP contribution in [-0.4, -0.2) is 40.0 Å². The minimum absolute atomic E-state index is 0.0416. The van der Waals surface area contributed by atoms with Crippen molar-refractivity contribution in [3.05, 3.63) is 98.4 Å². The van der Waals surface area contributed by atoms with Crippen molar-refractivity contribution in [3.8, 4) is 11.5 Å². The summed E-state index contributed by atoms with van der Waals surface area (Å²) < 4.78 is 11.5. The summed E-state index contributed by atoms with van der Waals surface area (Å²) in [6.45, 7) is 3.61. The molecular formula is C28H25N3O7S. The molecule has 0 aliphatic carbocycles. The number of anilines is 1. The van der Waals surface area contributed by atoms with E-state index < -0.39 is 28.5 Å². The number of benzene rings is 3. The maximum absolute atomic E-state index is 12.9. The van der Waals surface area contributed by atoms with Gasteiger partial charge in [0.15, 0.2) is 11.5 Å². The first-order valence-electron chi connectivity index (χ1n) is 12.0. The molecule has 0 bridgehead atoms. The van der Waals surface area contributed by atoms with Gasteiger partial charge >= 0.3 is 0 Å². The predicted octanol–water partition coefficient (Wildman–Crippen LogP) is 5.56. The minimum Gasteiger partial charge on any atom is -0.490 e. The highest BCUT2D eigenvalue weighted by molar-refractivity contribution is 8.18. The number of aryl methyl sites for hydroxylation is 1. The number of nitrogens with zero attached hydrogens (tertiary/aromatic N) is 2. The van der Waals surface area contributed by atoms with Crippen molar-refractivity contribution in [3.63, 3.8) is 0 Å². The second-order valence-electron chi connectivity index (χ2n) is 8.50. The Morgan fingerprint density at radius 1 is 1.05 bits per heavy atom. The maximum Gasteiger partial charge on any atom is 0.294 e. The van der Waals surface area contributed by atoms with Gasteiger partial charge in [-0.15, -0.1) is 0 Å². The smallest absolute Gasteiger partial charge is 0.294 e. The SMILES string of the molecule is CCOc1cc(/C=C2/SC(=O)N(CC(=O)Nc3ccc(C)cc3)C2=O)ccc1OCc1ccccc1[N+](=O)[O-]. The van der Waals surface area contributed by atoms with Gasteiger partial charge in [0.1, 0.15) is 13.2 Å². The predicted molar refractivity (Wildman–Crippen MR) is 148 cm³/mol. The number of imide groups is 1. The molecular weight excluding hydrogens is 522 g/mol. The number of nitrogens with one attached hydrogen (secondary N) is 1. The van der Waals surface area contributed by atoms with Gasteiger partial charge in [-0.05, 0) is 67.6 Å². The van der Waals surface area contributed by atoms with Crippen LogP contribution in [0.1, 0.15) is 23.6 Å². The number of hydrogen-bond donors (Lipinski definition) is 1. The highest BCUT2D eigenvalue weighted by Gasteiger charge is 2.36. The first-order valence-corrected chi connectivity index (χ1v) is 12.8. The first kappa shape index (κ1) is 27.4. The van der Waals surface area contributed by atoms with E-state index in [4.69, 9.17) is 9.47 Å². The fraction of sp³-hybridized carbons (Fsp3) is 0.179. The van der Waals surface area contributed by atoms with Crippen molar-refractivity contribution < 1.29 is 28.8 Å². The van der Waals surface area contributed by atoms with Crippen molar-refractivity contribution in [1.82, 2.24) is 4.90 Å². The number of nitro benzene ring substituents is 1. The number of para-hydroxylation sites is 1. The van der Waals surface area contributed by atoms with Crippen LogP contribution in [0.4, 0.5) is 16.2 Å². The van der Waals surface area contributed by atoms with Crippen LogP contribution >= 0.6 is 11.8 Å². The molecule has 0 atom stereocenters. The lowest BCUT2D eigenvalue weighted by Crippen LogP contribution is -2.36. The first-order chi connectivity index (χ1) is 18.7. The molecule has 0 aromatic heterocycles. The Hall–Kier alpha value is -4.64. The zero-order valence-corrected chi connectivity index (χ0v) is 22.0. The summed E-state index contributed by atoms with van der Waals surface area (Å²) in [4.78, 5) is 49.7. The standard InChI is InChI=1S/C28H25N3O7S/c1-3-37-24-14-19(10-13-23(24)38-17-20-6-4-5-7-22(20)31(35)36)15-25-27(33)30(28(34)39-25)16-26(32)29-21-11-8-18(2)9-12-21/h4-15H,3,16-17H2,1-2H3,(H,29,32)/b25-15+. The van der Waals surface area contributed by atoms with Crippen LogP contribution in [0.15, 0.2) is 71.6 Å². The third-order valence-electron chi connectivity index (χ3n) is 5.65. The molecule has 0 saturated carbocycles. The third-order valence-corrected chi connectivity index (χ3v) is 6.55. The normalized spacial score (nSPS) is 14.0. The van der Waals surface area contributed by atoms with Crippen LogP contribution in [-0.2, 0) is 16.2 Å². The molecule has 1 N–H and O–H groups in total. The van der Waals surface area contributed by atoms with Gasteiger partial charge in [-0.25, -0.2) is 0 Å². The molecule has 200 valence electrons. The van der Waals surface area contributed by atoms with E-state index in [2.05, 4.69) is 5.32 Å². The van der Waals surface area contributed by atoms with Gasteiger partial charge in [-0.2, -0.15) is 0 Å². The van der Waals surface area contributed by atoms with Crippen molar-refractivity contribution >= 4 is 46.3 Å². The number of carbonyl (C=O) groups excluding carboxylic acids is 3. The number of ether oxygens (including phenoxy) is 2.